The van der Waals surface area contributed by atoms with Crippen molar-refractivity contribution in [2.24, 2.45) is 5.92 Å². The molecule has 1 fully saturated rings. The van der Waals surface area contributed by atoms with Crippen LogP contribution in [0, 0.1) is 17.2 Å². The fourth-order valence-corrected chi connectivity index (χ4v) is 2.20. The summed E-state index contributed by atoms with van der Waals surface area (Å²) in [6.07, 6.45) is 6.92. The maximum atomic E-state index is 8.92. The summed E-state index contributed by atoms with van der Waals surface area (Å²) in [5.74, 6) is 1.41. The third kappa shape index (κ3) is 3.58. The molecule has 1 aliphatic rings. The van der Waals surface area contributed by atoms with Gasteiger partial charge in [0.15, 0.2) is 0 Å². The van der Waals surface area contributed by atoms with Crippen LogP contribution in [0.1, 0.15) is 25.7 Å². The van der Waals surface area contributed by atoms with Gasteiger partial charge >= 0.3 is 0 Å². The minimum absolute atomic E-state index is 0.260. The van der Waals surface area contributed by atoms with Gasteiger partial charge in [-0.15, -0.1) is 0 Å². The molecule has 0 spiro atoms. The van der Waals surface area contributed by atoms with Crippen LogP contribution in [-0.4, -0.2) is 24.6 Å². The van der Waals surface area contributed by atoms with E-state index < -0.39 is 0 Å². The van der Waals surface area contributed by atoms with Gasteiger partial charge in [0.05, 0.1) is 12.0 Å². The highest BCUT2D eigenvalue weighted by Gasteiger charge is 2.23. The predicted octanol–water partition coefficient (Wildman–Crippen LogP) is 2.02. The Hall–Kier alpha value is -0.200. The molecule has 0 bridgehead atoms. The fourth-order valence-electron chi connectivity index (χ4n) is 1.88. The van der Waals surface area contributed by atoms with Gasteiger partial charge in [-0.1, -0.05) is 12.8 Å². The van der Waals surface area contributed by atoms with E-state index in [4.69, 9.17) is 5.26 Å². The molecule has 0 radical (unpaired) electrons. The first kappa shape index (κ1) is 10.9. The normalized spacial score (nSPS) is 28.3. The molecule has 1 N–H and O–H groups in total. The lowest BCUT2D eigenvalue weighted by molar-refractivity contribution is 0.318. The van der Waals surface area contributed by atoms with E-state index in [1.807, 2.05) is 11.8 Å². The Morgan fingerprint density at radius 1 is 1.46 bits per heavy atom. The number of nitrogens with zero attached hydrogens (tertiary/aromatic N) is 1. The van der Waals surface area contributed by atoms with Gasteiger partial charge in [0, 0.05) is 18.3 Å². The highest BCUT2D eigenvalue weighted by Crippen LogP contribution is 2.23. The second-order valence-corrected chi connectivity index (χ2v) is 4.56. The largest absolute Gasteiger partial charge is 0.312 e. The van der Waals surface area contributed by atoms with E-state index in [0.717, 1.165) is 18.7 Å². The van der Waals surface area contributed by atoms with Crippen LogP contribution in [0.15, 0.2) is 0 Å². The smallest absolute Gasteiger partial charge is 0.0672 e. The number of nitrogens with one attached hydrogen (secondary N) is 1. The van der Waals surface area contributed by atoms with E-state index in [-0.39, 0.29) is 5.92 Å². The third-order valence-corrected chi connectivity index (χ3v) is 3.26. The van der Waals surface area contributed by atoms with E-state index >= 15 is 0 Å². The molecule has 1 aliphatic carbocycles. The number of thioether (sulfide) groups is 1. The summed E-state index contributed by atoms with van der Waals surface area (Å²) in [5, 5.41) is 12.4. The van der Waals surface area contributed by atoms with E-state index in [0.29, 0.717) is 6.04 Å². The molecule has 74 valence electrons. The summed E-state index contributed by atoms with van der Waals surface area (Å²) in [6.45, 7) is 1.05. The van der Waals surface area contributed by atoms with Crippen molar-refractivity contribution in [3.63, 3.8) is 0 Å². The molecule has 0 aromatic heterocycles. The molecule has 2 atom stereocenters. The minimum Gasteiger partial charge on any atom is -0.312 e. The summed E-state index contributed by atoms with van der Waals surface area (Å²) >= 11 is 1.85. The second-order valence-electron chi connectivity index (χ2n) is 3.57. The van der Waals surface area contributed by atoms with E-state index in [1.54, 1.807) is 0 Å². The average Bonchev–Trinajstić information content (AvgIpc) is 2.19. The number of hydrogen-bond donors (Lipinski definition) is 1. The topological polar surface area (TPSA) is 35.8 Å². The van der Waals surface area contributed by atoms with Gasteiger partial charge in [-0.2, -0.15) is 17.0 Å². The van der Waals surface area contributed by atoms with Crippen molar-refractivity contribution in [3.8, 4) is 6.07 Å². The van der Waals surface area contributed by atoms with Crippen LogP contribution in [0.3, 0.4) is 0 Å². The quantitative estimate of drug-likeness (QED) is 0.702. The van der Waals surface area contributed by atoms with E-state index in [9.17, 15) is 0 Å². The van der Waals surface area contributed by atoms with Crippen molar-refractivity contribution in [1.29, 1.82) is 5.26 Å². The summed E-state index contributed by atoms with van der Waals surface area (Å²) < 4.78 is 0. The molecule has 3 heteroatoms. The number of nitriles is 1. The van der Waals surface area contributed by atoms with Gasteiger partial charge in [0.25, 0.3) is 0 Å². The molecular weight excluding hydrogens is 180 g/mol. The number of rotatable bonds is 4. The Morgan fingerprint density at radius 3 is 2.92 bits per heavy atom. The van der Waals surface area contributed by atoms with Gasteiger partial charge in [-0.25, -0.2) is 0 Å². The van der Waals surface area contributed by atoms with Crippen LogP contribution in [0.5, 0.6) is 0 Å². The maximum Gasteiger partial charge on any atom is 0.0672 e. The zero-order chi connectivity index (χ0) is 9.52. The molecule has 0 aromatic rings. The first-order valence-corrected chi connectivity index (χ1v) is 6.40. The zero-order valence-corrected chi connectivity index (χ0v) is 9.07. The lowest BCUT2D eigenvalue weighted by atomic mass is 9.85. The lowest BCUT2D eigenvalue weighted by Crippen LogP contribution is -2.39. The summed E-state index contributed by atoms with van der Waals surface area (Å²) in [6, 6.07) is 2.88. The first-order chi connectivity index (χ1) is 6.38. The predicted molar refractivity (Wildman–Crippen MR) is 57.7 cm³/mol. The van der Waals surface area contributed by atoms with E-state index in [2.05, 4.69) is 17.6 Å². The van der Waals surface area contributed by atoms with Crippen LogP contribution in [0.4, 0.5) is 0 Å². The average molecular weight is 198 g/mol. The Morgan fingerprint density at radius 2 is 2.23 bits per heavy atom. The molecule has 13 heavy (non-hydrogen) atoms. The highest BCUT2D eigenvalue weighted by molar-refractivity contribution is 7.98. The monoisotopic (exact) mass is 198 g/mol. The van der Waals surface area contributed by atoms with Crippen LogP contribution < -0.4 is 5.32 Å². The zero-order valence-electron chi connectivity index (χ0n) is 8.25. The summed E-state index contributed by atoms with van der Waals surface area (Å²) in [5.41, 5.74) is 0. The highest BCUT2D eigenvalue weighted by atomic mass is 32.2. The molecule has 1 rings (SSSR count). The molecule has 0 heterocycles. The first-order valence-electron chi connectivity index (χ1n) is 5.00. The molecule has 0 saturated heterocycles. The molecule has 0 aliphatic heterocycles. The molecule has 0 amide bonds. The summed E-state index contributed by atoms with van der Waals surface area (Å²) in [7, 11) is 0. The molecule has 2 nitrogen and oxygen atoms in total. The van der Waals surface area contributed by atoms with Gasteiger partial charge in [0.1, 0.15) is 0 Å². The third-order valence-electron chi connectivity index (χ3n) is 2.64. The second kappa shape index (κ2) is 6.28. The molecule has 2 unspecified atom stereocenters. The molecule has 1 saturated carbocycles. The van der Waals surface area contributed by atoms with Crippen molar-refractivity contribution < 1.29 is 0 Å². The van der Waals surface area contributed by atoms with E-state index in [1.165, 1.54) is 19.3 Å². The minimum atomic E-state index is 0.260. The van der Waals surface area contributed by atoms with Crippen LogP contribution in [0.2, 0.25) is 0 Å². The van der Waals surface area contributed by atoms with Crippen molar-refractivity contribution >= 4 is 11.8 Å². The maximum absolute atomic E-state index is 8.92. The Labute approximate surface area is 85.1 Å². The Kier molecular flexibility index (Phi) is 5.26. The van der Waals surface area contributed by atoms with Crippen molar-refractivity contribution in [1.82, 2.24) is 5.32 Å². The molecule has 0 aromatic carbocycles. The van der Waals surface area contributed by atoms with Crippen molar-refractivity contribution in [2.45, 2.75) is 31.7 Å². The fraction of sp³-hybridized carbons (Fsp3) is 0.900. The Bertz CT molecular complexity index is 176. The van der Waals surface area contributed by atoms with Crippen LogP contribution >= 0.6 is 11.8 Å². The number of hydrogen-bond acceptors (Lipinski definition) is 3. The van der Waals surface area contributed by atoms with Gasteiger partial charge in [-0.3, -0.25) is 0 Å². The van der Waals surface area contributed by atoms with Crippen molar-refractivity contribution in [3.05, 3.63) is 0 Å². The van der Waals surface area contributed by atoms with Gasteiger partial charge < -0.3 is 5.32 Å². The SMILES string of the molecule is CSCCNC1CCCCC1C#N. The van der Waals surface area contributed by atoms with Crippen molar-refractivity contribution in [2.75, 3.05) is 18.6 Å². The molecular formula is C10H18N2S. The van der Waals surface area contributed by atoms with Gasteiger partial charge in [-0.05, 0) is 19.1 Å². The van der Waals surface area contributed by atoms with Crippen LogP contribution in [0.25, 0.3) is 0 Å². The Balaban J connectivity index is 2.24. The van der Waals surface area contributed by atoms with Crippen LogP contribution in [-0.2, 0) is 0 Å². The van der Waals surface area contributed by atoms with Gasteiger partial charge in [0.2, 0.25) is 0 Å². The standard InChI is InChI=1S/C10H18N2S/c1-13-7-6-12-10-5-3-2-4-9(10)8-11/h9-10,12H,2-7H2,1H3. The lowest BCUT2D eigenvalue weighted by Gasteiger charge is -2.27. The summed E-state index contributed by atoms with van der Waals surface area (Å²) in [4.78, 5) is 0.